The summed E-state index contributed by atoms with van der Waals surface area (Å²) in [5.41, 5.74) is 1.00. The maximum Gasteiger partial charge on any atom is 0.328 e. The first kappa shape index (κ1) is 16.0. The highest BCUT2D eigenvalue weighted by Gasteiger charge is 2.26. The molecule has 0 aliphatic carbocycles. The molecule has 5 nitrogen and oxygen atoms in total. The van der Waals surface area contributed by atoms with Gasteiger partial charge in [-0.3, -0.25) is 0 Å². The summed E-state index contributed by atoms with van der Waals surface area (Å²) in [4.78, 5) is 23.5. The normalized spacial score (nSPS) is 13.2. The Hall–Kier alpha value is -2.04. The van der Waals surface area contributed by atoms with E-state index in [-0.39, 0.29) is 11.9 Å². The van der Waals surface area contributed by atoms with Crippen LogP contribution in [-0.2, 0) is 16.1 Å². The molecule has 2 N–H and O–H groups in total. The van der Waals surface area contributed by atoms with Crippen LogP contribution >= 0.6 is 0 Å². The lowest BCUT2D eigenvalue weighted by atomic mass is 9.99. The number of carbonyl (C=O) groups excluding carboxylic acids is 2. The molecule has 1 rings (SSSR count). The van der Waals surface area contributed by atoms with Crippen LogP contribution in [0.1, 0.15) is 25.8 Å². The van der Waals surface area contributed by atoms with Crippen LogP contribution in [0.2, 0.25) is 0 Å². The fourth-order valence-corrected chi connectivity index (χ4v) is 1.77. The molecule has 0 heterocycles. The molecule has 0 saturated heterocycles. The number of urea groups is 1. The van der Waals surface area contributed by atoms with E-state index < -0.39 is 12.0 Å². The van der Waals surface area contributed by atoms with E-state index in [4.69, 9.17) is 4.74 Å². The molecule has 1 aromatic rings. The Morgan fingerprint density at radius 1 is 1.25 bits per heavy atom. The zero-order valence-corrected chi connectivity index (χ0v) is 12.2. The number of ether oxygens (including phenoxy) is 1. The highest BCUT2D eigenvalue weighted by molar-refractivity contribution is 5.83. The topological polar surface area (TPSA) is 67.4 Å². The summed E-state index contributed by atoms with van der Waals surface area (Å²) < 4.78 is 4.72. The maximum absolute atomic E-state index is 11.8. The Morgan fingerprint density at radius 2 is 1.90 bits per heavy atom. The lowest BCUT2D eigenvalue weighted by molar-refractivity contribution is -0.144. The number of carbonyl (C=O) groups is 2. The molecule has 0 aromatic heterocycles. The van der Waals surface area contributed by atoms with E-state index in [9.17, 15) is 9.59 Å². The average molecular weight is 278 g/mol. The van der Waals surface area contributed by atoms with Crippen molar-refractivity contribution in [3.8, 4) is 0 Å². The fourth-order valence-electron chi connectivity index (χ4n) is 1.77. The number of nitrogens with one attached hydrogen (secondary N) is 2. The molecule has 110 valence electrons. The van der Waals surface area contributed by atoms with Crippen LogP contribution in [-0.4, -0.2) is 25.2 Å². The van der Waals surface area contributed by atoms with Crippen LogP contribution in [0.4, 0.5) is 4.79 Å². The van der Waals surface area contributed by atoms with Crippen molar-refractivity contribution in [2.24, 2.45) is 5.92 Å². The number of hydrogen-bond donors (Lipinski definition) is 2. The third kappa shape index (κ3) is 4.91. The monoisotopic (exact) mass is 278 g/mol. The first-order valence-corrected chi connectivity index (χ1v) is 6.74. The standard InChI is InChI=1S/C15H22N2O3/c1-4-11(2)13(14(18)20-3)17-15(19)16-10-12-8-6-5-7-9-12/h5-9,11,13H,4,10H2,1-3H3,(H2,16,17,19)/t11?,13-/m0/s1. The molecule has 5 heteroatoms. The summed E-state index contributed by atoms with van der Waals surface area (Å²) >= 11 is 0. The summed E-state index contributed by atoms with van der Waals surface area (Å²) in [7, 11) is 1.32. The van der Waals surface area contributed by atoms with Crippen molar-refractivity contribution < 1.29 is 14.3 Å². The van der Waals surface area contributed by atoms with E-state index in [1.807, 2.05) is 44.2 Å². The van der Waals surface area contributed by atoms with Gasteiger partial charge in [0, 0.05) is 6.54 Å². The van der Waals surface area contributed by atoms with Gasteiger partial charge in [0.1, 0.15) is 6.04 Å². The van der Waals surface area contributed by atoms with Gasteiger partial charge in [-0.25, -0.2) is 9.59 Å². The SMILES string of the molecule is CCC(C)[C@H](NC(=O)NCc1ccccc1)C(=O)OC. The molecule has 20 heavy (non-hydrogen) atoms. The van der Waals surface area contributed by atoms with Gasteiger partial charge in [-0.2, -0.15) is 0 Å². The number of rotatable bonds is 6. The molecule has 0 spiro atoms. The van der Waals surface area contributed by atoms with Crippen molar-refractivity contribution >= 4 is 12.0 Å². The van der Waals surface area contributed by atoms with Gasteiger partial charge < -0.3 is 15.4 Å². The van der Waals surface area contributed by atoms with Crippen molar-refractivity contribution in [2.45, 2.75) is 32.9 Å². The lowest BCUT2D eigenvalue weighted by Gasteiger charge is -2.22. The Labute approximate surface area is 119 Å². The van der Waals surface area contributed by atoms with Crippen molar-refractivity contribution in [1.82, 2.24) is 10.6 Å². The van der Waals surface area contributed by atoms with Gasteiger partial charge in [-0.1, -0.05) is 50.6 Å². The Morgan fingerprint density at radius 3 is 2.45 bits per heavy atom. The van der Waals surface area contributed by atoms with E-state index in [0.717, 1.165) is 12.0 Å². The van der Waals surface area contributed by atoms with Gasteiger partial charge in [0.25, 0.3) is 0 Å². The van der Waals surface area contributed by atoms with Gasteiger partial charge in [-0.15, -0.1) is 0 Å². The van der Waals surface area contributed by atoms with Crippen molar-refractivity contribution in [2.75, 3.05) is 7.11 Å². The largest absolute Gasteiger partial charge is 0.467 e. The third-order valence-corrected chi connectivity index (χ3v) is 3.25. The van der Waals surface area contributed by atoms with Crippen molar-refractivity contribution in [3.63, 3.8) is 0 Å². The molecule has 2 amide bonds. The van der Waals surface area contributed by atoms with E-state index in [2.05, 4.69) is 10.6 Å². The van der Waals surface area contributed by atoms with Crippen LogP contribution in [0, 0.1) is 5.92 Å². The smallest absolute Gasteiger partial charge is 0.328 e. The molecule has 1 aromatic carbocycles. The second-order valence-electron chi connectivity index (χ2n) is 4.70. The number of methoxy groups -OCH3 is 1. The van der Waals surface area contributed by atoms with E-state index in [0.29, 0.717) is 6.54 Å². The van der Waals surface area contributed by atoms with Gasteiger partial charge in [-0.05, 0) is 11.5 Å². The quantitative estimate of drug-likeness (QED) is 0.783. The summed E-state index contributed by atoms with van der Waals surface area (Å²) in [5, 5.41) is 5.39. The Kier molecular flexibility index (Phi) is 6.56. The molecule has 2 atom stereocenters. The first-order valence-electron chi connectivity index (χ1n) is 6.74. The van der Waals surface area contributed by atoms with Gasteiger partial charge >= 0.3 is 12.0 Å². The number of benzene rings is 1. The zero-order valence-electron chi connectivity index (χ0n) is 12.2. The molecule has 0 radical (unpaired) electrons. The minimum Gasteiger partial charge on any atom is -0.467 e. The predicted octanol–water partition coefficient (Wildman–Crippen LogP) is 2.07. The molecule has 0 bridgehead atoms. The van der Waals surface area contributed by atoms with E-state index in [1.165, 1.54) is 7.11 Å². The van der Waals surface area contributed by atoms with Crippen molar-refractivity contribution in [3.05, 3.63) is 35.9 Å². The minimum absolute atomic E-state index is 0.0184. The highest BCUT2D eigenvalue weighted by Crippen LogP contribution is 2.09. The van der Waals surface area contributed by atoms with Crippen molar-refractivity contribution in [1.29, 1.82) is 0 Å². The van der Waals surface area contributed by atoms with Crippen LogP contribution in [0.5, 0.6) is 0 Å². The molecule has 0 aliphatic heterocycles. The zero-order chi connectivity index (χ0) is 15.0. The molecular formula is C15H22N2O3. The summed E-state index contributed by atoms with van der Waals surface area (Å²) in [6.07, 6.45) is 0.777. The van der Waals surface area contributed by atoms with Gasteiger partial charge in [0.2, 0.25) is 0 Å². The second-order valence-corrected chi connectivity index (χ2v) is 4.70. The van der Waals surface area contributed by atoms with E-state index in [1.54, 1.807) is 0 Å². The lowest BCUT2D eigenvalue weighted by Crippen LogP contribution is -2.49. The number of esters is 1. The summed E-state index contributed by atoms with van der Waals surface area (Å²) in [5.74, 6) is -0.404. The van der Waals surface area contributed by atoms with Gasteiger partial charge in [0.05, 0.1) is 7.11 Å². The van der Waals surface area contributed by atoms with Crippen LogP contribution in [0.15, 0.2) is 30.3 Å². The Bertz CT molecular complexity index is 434. The highest BCUT2D eigenvalue weighted by atomic mass is 16.5. The molecule has 0 fully saturated rings. The van der Waals surface area contributed by atoms with Gasteiger partial charge in [0.15, 0.2) is 0 Å². The summed E-state index contributed by atoms with van der Waals surface area (Å²) in [6.45, 7) is 4.28. The third-order valence-electron chi connectivity index (χ3n) is 3.25. The molecule has 0 aliphatic rings. The Balaban J connectivity index is 2.51. The number of hydrogen-bond acceptors (Lipinski definition) is 3. The summed E-state index contributed by atoms with van der Waals surface area (Å²) in [6, 6.07) is 8.58. The van der Waals surface area contributed by atoms with Crippen LogP contribution in [0.25, 0.3) is 0 Å². The molecule has 0 saturated carbocycles. The van der Waals surface area contributed by atoms with E-state index >= 15 is 0 Å². The second kappa shape index (κ2) is 8.19. The average Bonchev–Trinajstić information content (AvgIpc) is 2.50. The van der Waals surface area contributed by atoms with Crippen LogP contribution in [0.3, 0.4) is 0 Å². The number of amides is 2. The molecular weight excluding hydrogens is 256 g/mol. The first-order chi connectivity index (χ1) is 9.58. The van der Waals surface area contributed by atoms with Crippen LogP contribution < -0.4 is 10.6 Å². The fraction of sp³-hybridized carbons (Fsp3) is 0.467. The minimum atomic E-state index is -0.624. The predicted molar refractivity (Wildman–Crippen MR) is 77.1 cm³/mol. The maximum atomic E-state index is 11.8. The molecule has 1 unspecified atom stereocenters.